The standard InChI is InChI=1S/C19H24ClN3O/c1-4-15-7-5-6-13(2)19(15)21-18(24)12-22-10-11-23-16(14(22)3)8-9-17(23)20/h5-9,14H,4,10-12H2,1-3H3,(H,21,24). The lowest BCUT2D eigenvalue weighted by atomic mass is 10.1. The first kappa shape index (κ1) is 17.1. The van der Waals surface area contributed by atoms with Gasteiger partial charge in [-0.1, -0.05) is 36.7 Å². The smallest absolute Gasteiger partial charge is 0.238 e. The second-order valence-electron chi connectivity index (χ2n) is 6.39. The average Bonchev–Trinajstić information content (AvgIpc) is 2.94. The molecule has 2 heterocycles. The van der Waals surface area contributed by atoms with E-state index in [9.17, 15) is 4.79 Å². The number of nitrogens with one attached hydrogen (secondary N) is 1. The molecule has 1 atom stereocenters. The minimum atomic E-state index is 0.0388. The molecule has 0 saturated carbocycles. The number of carbonyl (C=O) groups is 1. The van der Waals surface area contributed by atoms with Crippen molar-refractivity contribution >= 4 is 23.2 Å². The van der Waals surface area contributed by atoms with Crippen LogP contribution >= 0.6 is 11.6 Å². The predicted molar refractivity (Wildman–Crippen MR) is 98.6 cm³/mol. The van der Waals surface area contributed by atoms with Gasteiger partial charge in [0.2, 0.25) is 5.91 Å². The summed E-state index contributed by atoms with van der Waals surface area (Å²) >= 11 is 6.20. The summed E-state index contributed by atoms with van der Waals surface area (Å²) in [5.41, 5.74) is 4.41. The third-order valence-electron chi connectivity index (χ3n) is 4.90. The van der Waals surface area contributed by atoms with E-state index < -0.39 is 0 Å². The Kier molecular flexibility index (Phi) is 4.97. The number of hydrogen-bond donors (Lipinski definition) is 1. The zero-order chi connectivity index (χ0) is 17.3. The van der Waals surface area contributed by atoms with Crippen LogP contribution in [0.15, 0.2) is 30.3 Å². The Hall–Kier alpha value is -1.78. The molecule has 1 aromatic carbocycles. The van der Waals surface area contributed by atoms with Crippen LogP contribution in [0.4, 0.5) is 5.69 Å². The molecule has 2 aromatic rings. The summed E-state index contributed by atoms with van der Waals surface area (Å²) in [6.45, 7) is 8.30. The van der Waals surface area contributed by atoms with Crippen LogP contribution in [0.3, 0.4) is 0 Å². The van der Waals surface area contributed by atoms with E-state index in [4.69, 9.17) is 11.6 Å². The molecule has 1 aliphatic rings. The number of aromatic nitrogens is 1. The van der Waals surface area contributed by atoms with E-state index in [-0.39, 0.29) is 11.9 Å². The fraction of sp³-hybridized carbons (Fsp3) is 0.421. The van der Waals surface area contributed by atoms with Gasteiger partial charge in [0, 0.05) is 30.5 Å². The molecule has 5 heteroatoms. The second-order valence-corrected chi connectivity index (χ2v) is 6.78. The van der Waals surface area contributed by atoms with Gasteiger partial charge in [-0.05, 0) is 43.5 Å². The van der Waals surface area contributed by atoms with Crippen molar-refractivity contribution in [2.45, 2.75) is 39.8 Å². The molecular formula is C19H24ClN3O. The summed E-state index contributed by atoms with van der Waals surface area (Å²) in [6.07, 6.45) is 0.906. The molecule has 128 valence electrons. The van der Waals surface area contributed by atoms with Gasteiger partial charge < -0.3 is 9.88 Å². The largest absolute Gasteiger partial charge is 0.333 e. The lowest BCUT2D eigenvalue weighted by Crippen LogP contribution is -2.41. The summed E-state index contributed by atoms with van der Waals surface area (Å²) in [7, 11) is 0. The minimum absolute atomic E-state index is 0.0388. The van der Waals surface area contributed by atoms with Gasteiger partial charge in [0.25, 0.3) is 0 Å². The van der Waals surface area contributed by atoms with E-state index >= 15 is 0 Å². The van der Waals surface area contributed by atoms with E-state index in [1.165, 1.54) is 11.3 Å². The van der Waals surface area contributed by atoms with Gasteiger partial charge in [0.1, 0.15) is 5.15 Å². The Bertz CT molecular complexity index is 753. The third kappa shape index (κ3) is 3.21. The Balaban J connectivity index is 1.70. The maximum Gasteiger partial charge on any atom is 0.238 e. The molecule has 4 nitrogen and oxygen atoms in total. The van der Waals surface area contributed by atoms with Crippen LogP contribution in [0.2, 0.25) is 5.15 Å². The number of nitrogens with zero attached hydrogens (tertiary/aromatic N) is 2. The number of rotatable bonds is 4. The summed E-state index contributed by atoms with van der Waals surface area (Å²) in [4.78, 5) is 14.8. The number of carbonyl (C=O) groups excluding carboxylic acids is 1. The Morgan fingerprint density at radius 3 is 2.83 bits per heavy atom. The van der Waals surface area contributed by atoms with Gasteiger partial charge in [0.15, 0.2) is 0 Å². The normalized spacial score (nSPS) is 17.6. The highest BCUT2D eigenvalue weighted by molar-refractivity contribution is 6.29. The number of fused-ring (bicyclic) bond motifs is 1. The number of aryl methyl sites for hydroxylation is 2. The maximum atomic E-state index is 12.6. The van der Waals surface area contributed by atoms with E-state index in [0.29, 0.717) is 6.54 Å². The van der Waals surface area contributed by atoms with E-state index in [0.717, 1.165) is 35.9 Å². The molecule has 1 unspecified atom stereocenters. The molecule has 1 aliphatic heterocycles. The number of benzene rings is 1. The van der Waals surface area contributed by atoms with Gasteiger partial charge in [-0.15, -0.1) is 0 Å². The number of para-hydroxylation sites is 1. The zero-order valence-corrected chi connectivity index (χ0v) is 15.2. The van der Waals surface area contributed by atoms with Crippen molar-refractivity contribution in [2.75, 3.05) is 18.4 Å². The van der Waals surface area contributed by atoms with Crippen LogP contribution in [-0.2, 0) is 17.8 Å². The quantitative estimate of drug-likeness (QED) is 0.908. The monoisotopic (exact) mass is 345 g/mol. The summed E-state index contributed by atoms with van der Waals surface area (Å²) < 4.78 is 2.12. The lowest BCUT2D eigenvalue weighted by molar-refractivity contribution is -0.118. The molecule has 1 N–H and O–H groups in total. The highest BCUT2D eigenvalue weighted by Gasteiger charge is 2.26. The molecule has 0 spiro atoms. The fourth-order valence-electron chi connectivity index (χ4n) is 3.45. The Labute approximate surface area is 148 Å². The van der Waals surface area contributed by atoms with Gasteiger partial charge in [-0.3, -0.25) is 9.69 Å². The third-order valence-corrected chi connectivity index (χ3v) is 5.23. The first-order chi connectivity index (χ1) is 11.5. The Morgan fingerprint density at radius 1 is 1.29 bits per heavy atom. The maximum absolute atomic E-state index is 12.6. The highest BCUT2D eigenvalue weighted by atomic mass is 35.5. The van der Waals surface area contributed by atoms with Gasteiger partial charge in [-0.2, -0.15) is 0 Å². The highest BCUT2D eigenvalue weighted by Crippen LogP contribution is 2.29. The van der Waals surface area contributed by atoms with Crippen LogP contribution < -0.4 is 5.32 Å². The number of amides is 1. The predicted octanol–water partition coefficient (Wildman–Crippen LogP) is 4.03. The second kappa shape index (κ2) is 6.99. The molecular weight excluding hydrogens is 322 g/mol. The number of hydrogen-bond acceptors (Lipinski definition) is 2. The molecule has 0 saturated heterocycles. The summed E-state index contributed by atoms with van der Waals surface area (Å²) in [5.74, 6) is 0.0388. The molecule has 1 amide bonds. The van der Waals surface area contributed by atoms with Crippen LogP contribution in [0.5, 0.6) is 0 Å². The van der Waals surface area contributed by atoms with Crippen molar-refractivity contribution in [3.63, 3.8) is 0 Å². The first-order valence-electron chi connectivity index (χ1n) is 8.48. The van der Waals surface area contributed by atoms with Gasteiger partial charge in [0.05, 0.1) is 6.54 Å². The fourth-order valence-corrected chi connectivity index (χ4v) is 3.69. The molecule has 0 aliphatic carbocycles. The molecule has 24 heavy (non-hydrogen) atoms. The van der Waals surface area contributed by atoms with Crippen molar-refractivity contribution in [3.05, 3.63) is 52.3 Å². The average molecular weight is 346 g/mol. The first-order valence-corrected chi connectivity index (χ1v) is 8.86. The molecule has 0 radical (unpaired) electrons. The van der Waals surface area contributed by atoms with E-state index in [2.05, 4.69) is 34.7 Å². The topological polar surface area (TPSA) is 37.3 Å². The number of halogens is 1. The number of anilines is 1. The zero-order valence-electron chi connectivity index (χ0n) is 14.5. The van der Waals surface area contributed by atoms with Gasteiger partial charge >= 0.3 is 0 Å². The summed E-state index contributed by atoms with van der Waals surface area (Å²) in [6, 6.07) is 10.3. The van der Waals surface area contributed by atoms with Crippen molar-refractivity contribution in [1.82, 2.24) is 9.47 Å². The molecule has 0 bridgehead atoms. The molecule has 1 aromatic heterocycles. The van der Waals surface area contributed by atoms with Crippen LogP contribution in [0.25, 0.3) is 0 Å². The summed E-state index contributed by atoms with van der Waals surface area (Å²) in [5, 5.41) is 3.89. The van der Waals surface area contributed by atoms with Crippen molar-refractivity contribution < 1.29 is 4.79 Å². The molecule has 3 rings (SSSR count). The SMILES string of the molecule is CCc1cccc(C)c1NC(=O)CN1CCn2c(Cl)ccc2C1C. The van der Waals surface area contributed by atoms with Crippen molar-refractivity contribution in [3.8, 4) is 0 Å². The van der Waals surface area contributed by atoms with Crippen LogP contribution in [0, 0.1) is 6.92 Å². The van der Waals surface area contributed by atoms with E-state index in [1.54, 1.807) is 0 Å². The van der Waals surface area contributed by atoms with Gasteiger partial charge in [-0.25, -0.2) is 0 Å². The Morgan fingerprint density at radius 2 is 2.08 bits per heavy atom. The van der Waals surface area contributed by atoms with Crippen LogP contribution in [-0.4, -0.2) is 28.5 Å². The lowest BCUT2D eigenvalue weighted by Gasteiger charge is -2.34. The molecule has 0 fully saturated rings. The van der Waals surface area contributed by atoms with Crippen molar-refractivity contribution in [1.29, 1.82) is 0 Å². The van der Waals surface area contributed by atoms with Crippen LogP contribution in [0.1, 0.15) is 36.7 Å². The minimum Gasteiger partial charge on any atom is -0.333 e. The van der Waals surface area contributed by atoms with E-state index in [1.807, 2.05) is 31.2 Å². The van der Waals surface area contributed by atoms with Crippen molar-refractivity contribution in [2.24, 2.45) is 0 Å².